The Hall–Kier alpha value is -1.35. The van der Waals surface area contributed by atoms with E-state index >= 15 is 0 Å². The molecule has 0 unspecified atom stereocenters. The highest BCUT2D eigenvalue weighted by Gasteiger charge is 2.09. The highest BCUT2D eigenvalue weighted by molar-refractivity contribution is 5.89. The van der Waals surface area contributed by atoms with Crippen molar-refractivity contribution in [3.63, 3.8) is 0 Å². The lowest BCUT2D eigenvalue weighted by Crippen LogP contribution is -2.03. The van der Waals surface area contributed by atoms with E-state index in [1.165, 1.54) is 0 Å². The van der Waals surface area contributed by atoms with Crippen molar-refractivity contribution in [3.05, 3.63) is 34.9 Å². The molecule has 1 N–H and O–H groups in total. The van der Waals surface area contributed by atoms with Crippen LogP contribution in [0.1, 0.15) is 21.5 Å². The van der Waals surface area contributed by atoms with Gasteiger partial charge in [-0.3, -0.25) is 0 Å². The van der Waals surface area contributed by atoms with Crippen LogP contribution in [-0.2, 0) is 11.3 Å². The van der Waals surface area contributed by atoms with Crippen molar-refractivity contribution in [2.75, 3.05) is 7.11 Å². The summed E-state index contributed by atoms with van der Waals surface area (Å²) in [6.07, 6.45) is 0. The molecule has 0 bridgehead atoms. The molecule has 13 heavy (non-hydrogen) atoms. The van der Waals surface area contributed by atoms with Gasteiger partial charge in [-0.2, -0.15) is 0 Å². The van der Waals surface area contributed by atoms with E-state index in [-0.39, 0.29) is 0 Å². The summed E-state index contributed by atoms with van der Waals surface area (Å²) in [5, 5.41) is 8.86. The fraction of sp³-hybridized carbons (Fsp3) is 0.300. The van der Waals surface area contributed by atoms with Crippen molar-refractivity contribution >= 4 is 5.97 Å². The summed E-state index contributed by atoms with van der Waals surface area (Å²) in [5.74, 6) is -0.907. The van der Waals surface area contributed by atoms with Crippen molar-refractivity contribution in [3.8, 4) is 0 Å². The molecule has 1 aromatic carbocycles. The van der Waals surface area contributed by atoms with Crippen LogP contribution in [0.4, 0.5) is 0 Å². The molecule has 1 rings (SSSR count). The highest BCUT2D eigenvalue weighted by atomic mass is 16.5. The average molecular weight is 180 g/mol. The number of aryl methyl sites for hydroxylation is 1. The van der Waals surface area contributed by atoms with Gasteiger partial charge < -0.3 is 9.84 Å². The van der Waals surface area contributed by atoms with E-state index in [0.29, 0.717) is 17.7 Å². The van der Waals surface area contributed by atoms with E-state index in [0.717, 1.165) is 5.56 Å². The van der Waals surface area contributed by atoms with Gasteiger partial charge in [0, 0.05) is 7.11 Å². The summed E-state index contributed by atoms with van der Waals surface area (Å²) in [4.78, 5) is 10.8. The zero-order valence-electron chi connectivity index (χ0n) is 7.70. The van der Waals surface area contributed by atoms with Crippen LogP contribution in [0.2, 0.25) is 0 Å². The number of ether oxygens (including phenoxy) is 1. The Morgan fingerprint density at radius 1 is 1.54 bits per heavy atom. The molecule has 0 fully saturated rings. The zero-order valence-corrected chi connectivity index (χ0v) is 7.70. The lowest BCUT2D eigenvalue weighted by atomic mass is 10.1. The highest BCUT2D eigenvalue weighted by Crippen LogP contribution is 2.12. The minimum absolute atomic E-state index is 0.321. The first-order chi connectivity index (χ1) is 6.15. The Labute approximate surface area is 77.0 Å². The normalized spacial score (nSPS) is 10.0. The minimum Gasteiger partial charge on any atom is -0.478 e. The van der Waals surface area contributed by atoms with Crippen LogP contribution in [0.3, 0.4) is 0 Å². The number of carbonyl (C=O) groups is 1. The van der Waals surface area contributed by atoms with Crippen LogP contribution in [0.25, 0.3) is 0 Å². The van der Waals surface area contributed by atoms with E-state index in [1.807, 2.05) is 13.0 Å². The van der Waals surface area contributed by atoms with Crippen LogP contribution >= 0.6 is 0 Å². The molecular weight excluding hydrogens is 168 g/mol. The predicted molar refractivity (Wildman–Crippen MR) is 48.9 cm³/mol. The maximum absolute atomic E-state index is 10.8. The first-order valence-corrected chi connectivity index (χ1v) is 3.97. The van der Waals surface area contributed by atoms with Crippen LogP contribution in [-0.4, -0.2) is 18.2 Å². The summed E-state index contributed by atoms with van der Waals surface area (Å²) in [6, 6.07) is 5.31. The van der Waals surface area contributed by atoms with Crippen molar-refractivity contribution in [1.82, 2.24) is 0 Å². The molecule has 0 heterocycles. The fourth-order valence-electron chi connectivity index (χ4n) is 1.17. The Morgan fingerprint density at radius 3 is 2.77 bits per heavy atom. The van der Waals surface area contributed by atoms with E-state index in [9.17, 15) is 4.79 Å². The van der Waals surface area contributed by atoms with Gasteiger partial charge in [0.2, 0.25) is 0 Å². The Morgan fingerprint density at radius 2 is 2.23 bits per heavy atom. The molecule has 3 heteroatoms. The van der Waals surface area contributed by atoms with Gasteiger partial charge in [-0.15, -0.1) is 0 Å². The number of hydrogen-bond acceptors (Lipinski definition) is 2. The monoisotopic (exact) mass is 180 g/mol. The molecule has 0 aromatic heterocycles. The van der Waals surface area contributed by atoms with Gasteiger partial charge in [-0.1, -0.05) is 17.7 Å². The Kier molecular flexibility index (Phi) is 3.03. The number of carboxylic acids is 1. The van der Waals surface area contributed by atoms with E-state index in [2.05, 4.69) is 0 Å². The molecule has 0 amide bonds. The van der Waals surface area contributed by atoms with Crippen LogP contribution in [0.15, 0.2) is 18.2 Å². The lowest BCUT2D eigenvalue weighted by molar-refractivity contribution is 0.0691. The third kappa shape index (κ3) is 2.29. The van der Waals surface area contributed by atoms with Gasteiger partial charge in [0.05, 0.1) is 12.2 Å². The molecular formula is C10H12O3. The molecule has 0 aliphatic rings. The third-order valence-electron chi connectivity index (χ3n) is 1.80. The molecule has 3 nitrogen and oxygen atoms in total. The first kappa shape index (κ1) is 9.74. The Bertz CT molecular complexity index is 318. The molecule has 0 radical (unpaired) electrons. The third-order valence-corrected chi connectivity index (χ3v) is 1.80. The average Bonchev–Trinajstić information content (AvgIpc) is 2.08. The van der Waals surface area contributed by atoms with Gasteiger partial charge in [-0.05, 0) is 18.6 Å². The number of benzene rings is 1. The summed E-state index contributed by atoms with van der Waals surface area (Å²) < 4.78 is 4.90. The van der Waals surface area contributed by atoms with Gasteiger partial charge in [-0.25, -0.2) is 4.79 Å². The second kappa shape index (κ2) is 4.05. The zero-order chi connectivity index (χ0) is 9.84. The van der Waals surface area contributed by atoms with Gasteiger partial charge in [0.25, 0.3) is 0 Å². The Balaban J connectivity index is 3.10. The van der Waals surface area contributed by atoms with Gasteiger partial charge in [0.15, 0.2) is 0 Å². The largest absolute Gasteiger partial charge is 0.478 e. The summed E-state index contributed by atoms with van der Waals surface area (Å²) in [6.45, 7) is 2.20. The van der Waals surface area contributed by atoms with Crippen LogP contribution in [0, 0.1) is 6.92 Å². The van der Waals surface area contributed by atoms with Crippen molar-refractivity contribution in [2.24, 2.45) is 0 Å². The molecule has 0 saturated carbocycles. The standard InChI is InChI=1S/C10H12O3/c1-7-3-4-8(6-13-2)9(5-7)10(11)12/h3-5H,6H2,1-2H3,(H,11,12). The molecule has 0 aliphatic carbocycles. The number of methoxy groups -OCH3 is 1. The van der Waals surface area contributed by atoms with Crippen molar-refractivity contribution in [1.29, 1.82) is 0 Å². The number of hydrogen-bond donors (Lipinski definition) is 1. The summed E-state index contributed by atoms with van der Waals surface area (Å²) in [7, 11) is 1.55. The smallest absolute Gasteiger partial charge is 0.336 e. The number of carboxylic acid groups (broad SMARTS) is 1. The van der Waals surface area contributed by atoms with Gasteiger partial charge in [0.1, 0.15) is 0 Å². The lowest BCUT2D eigenvalue weighted by Gasteiger charge is -2.05. The van der Waals surface area contributed by atoms with E-state index in [1.54, 1.807) is 19.2 Å². The van der Waals surface area contributed by atoms with E-state index < -0.39 is 5.97 Å². The number of rotatable bonds is 3. The molecule has 0 spiro atoms. The second-order valence-electron chi connectivity index (χ2n) is 2.90. The first-order valence-electron chi connectivity index (χ1n) is 3.97. The minimum atomic E-state index is -0.907. The molecule has 0 saturated heterocycles. The van der Waals surface area contributed by atoms with Crippen LogP contribution < -0.4 is 0 Å². The number of aromatic carboxylic acids is 1. The predicted octanol–water partition coefficient (Wildman–Crippen LogP) is 1.84. The maximum Gasteiger partial charge on any atom is 0.336 e. The van der Waals surface area contributed by atoms with Crippen LogP contribution in [0.5, 0.6) is 0 Å². The summed E-state index contributed by atoms with van der Waals surface area (Å²) >= 11 is 0. The van der Waals surface area contributed by atoms with Crippen molar-refractivity contribution in [2.45, 2.75) is 13.5 Å². The molecule has 70 valence electrons. The van der Waals surface area contributed by atoms with E-state index in [4.69, 9.17) is 9.84 Å². The molecule has 1 aromatic rings. The second-order valence-corrected chi connectivity index (χ2v) is 2.90. The van der Waals surface area contributed by atoms with Crippen molar-refractivity contribution < 1.29 is 14.6 Å². The molecule has 0 atom stereocenters. The maximum atomic E-state index is 10.8. The van der Waals surface area contributed by atoms with Gasteiger partial charge >= 0.3 is 5.97 Å². The molecule has 0 aliphatic heterocycles. The quantitative estimate of drug-likeness (QED) is 0.772. The fourth-order valence-corrected chi connectivity index (χ4v) is 1.17. The topological polar surface area (TPSA) is 46.5 Å². The summed E-state index contributed by atoms with van der Waals surface area (Å²) in [5.41, 5.74) is 1.97. The SMILES string of the molecule is COCc1ccc(C)cc1C(=O)O.